The molecule has 0 aliphatic heterocycles. The number of aliphatic hydroxyl groups is 1. The van der Waals surface area contributed by atoms with Gasteiger partial charge in [-0.15, -0.1) is 0 Å². The average Bonchev–Trinajstić information content (AvgIpc) is 3.20. The number of carbonyl (C=O) groups is 8. The van der Waals surface area contributed by atoms with Crippen LogP contribution in [0.4, 0.5) is 0 Å². The smallest absolute Gasteiger partial charge is 0.326 e. The highest BCUT2D eigenvalue weighted by Gasteiger charge is 2.35. The number of phenolic OH excluding ortho intramolecular Hbond substituents is 1. The average molecular weight is 908 g/mol. The highest BCUT2D eigenvalue weighted by atomic mass is 16.4. The van der Waals surface area contributed by atoms with Crippen LogP contribution in [0.15, 0.2) is 34.3 Å². The number of hydrogen-bond acceptors (Lipinski definition) is 13. The quantitative estimate of drug-likeness (QED) is 0.0205. The Bertz CT molecular complexity index is 1800. The fraction of sp³-hybridized carbons (Fsp3) is 0.590. The fourth-order valence-corrected chi connectivity index (χ4v) is 5.92. The molecule has 1 aromatic carbocycles. The lowest BCUT2D eigenvalue weighted by Crippen LogP contribution is -2.61. The molecule has 0 aromatic heterocycles. The zero-order chi connectivity index (χ0) is 48.7. The molecular weight excluding hydrogens is 843 g/mol. The zero-order valence-electron chi connectivity index (χ0n) is 36.4. The summed E-state index contributed by atoms with van der Waals surface area (Å²) in [6.07, 6.45) is -0.592. The van der Waals surface area contributed by atoms with Crippen molar-refractivity contribution in [2.24, 2.45) is 50.5 Å². The first-order valence-electron chi connectivity index (χ1n) is 20.5. The lowest BCUT2D eigenvalue weighted by atomic mass is 10.00. The molecule has 64 heavy (non-hydrogen) atoms. The summed E-state index contributed by atoms with van der Waals surface area (Å²) in [5.74, 6) is -9.99. The van der Waals surface area contributed by atoms with Gasteiger partial charge in [0.25, 0.3) is 0 Å². The number of aliphatic hydroxyl groups excluding tert-OH is 1. The van der Waals surface area contributed by atoms with Gasteiger partial charge in [-0.2, -0.15) is 0 Å². The minimum absolute atomic E-state index is 0.0476. The predicted molar refractivity (Wildman–Crippen MR) is 232 cm³/mol. The number of nitrogens with zero attached hydrogens (tertiary/aromatic N) is 2. The number of carbonyl (C=O) groups excluding carboxylic acids is 6. The van der Waals surface area contributed by atoms with Gasteiger partial charge in [-0.1, -0.05) is 39.8 Å². The summed E-state index contributed by atoms with van der Waals surface area (Å²) >= 11 is 0. The van der Waals surface area contributed by atoms with Gasteiger partial charge in [0.15, 0.2) is 11.9 Å². The molecule has 0 aliphatic rings. The third-order valence-corrected chi connectivity index (χ3v) is 9.29. The number of guanidine groups is 2. The van der Waals surface area contributed by atoms with Gasteiger partial charge in [0.1, 0.15) is 42.0 Å². The van der Waals surface area contributed by atoms with Crippen molar-refractivity contribution in [2.45, 2.75) is 115 Å². The molecule has 0 unspecified atom stereocenters. The summed E-state index contributed by atoms with van der Waals surface area (Å²) in [4.78, 5) is 112. The largest absolute Gasteiger partial charge is 0.508 e. The predicted octanol–water partition coefficient (Wildman–Crippen LogP) is -4.47. The number of nitrogens with two attached hydrogens (primary N) is 5. The molecule has 0 spiro atoms. The van der Waals surface area contributed by atoms with Crippen molar-refractivity contribution in [2.75, 3.05) is 19.7 Å². The van der Waals surface area contributed by atoms with E-state index in [1.807, 2.05) is 0 Å². The molecule has 0 aliphatic carbocycles. The number of amides is 6. The Balaban J connectivity index is 3.31. The Morgan fingerprint density at radius 1 is 0.609 bits per heavy atom. The number of aromatic hydroxyl groups is 1. The number of aliphatic carboxylic acids is 2. The first-order chi connectivity index (χ1) is 29.9. The van der Waals surface area contributed by atoms with Gasteiger partial charge in [-0.3, -0.25) is 43.5 Å². The Hall–Kier alpha value is -6.76. The van der Waals surface area contributed by atoms with E-state index in [1.165, 1.54) is 24.3 Å². The Kier molecular flexibility index (Phi) is 24.2. The summed E-state index contributed by atoms with van der Waals surface area (Å²) in [5, 5.41) is 53.7. The molecule has 0 saturated heterocycles. The molecule has 0 bridgehead atoms. The first-order valence-corrected chi connectivity index (χ1v) is 20.5. The molecule has 358 valence electrons. The number of phenols is 1. The van der Waals surface area contributed by atoms with Crippen molar-refractivity contribution in [1.29, 1.82) is 0 Å². The van der Waals surface area contributed by atoms with Crippen LogP contribution < -0.4 is 60.6 Å². The molecule has 0 fully saturated rings. The van der Waals surface area contributed by atoms with Crippen LogP contribution in [0.1, 0.15) is 71.8 Å². The molecule has 0 heterocycles. The summed E-state index contributed by atoms with van der Waals surface area (Å²) in [6.45, 7) is 5.85. The van der Waals surface area contributed by atoms with Crippen LogP contribution in [0.2, 0.25) is 0 Å². The minimum atomic E-state index is -1.84. The van der Waals surface area contributed by atoms with E-state index in [0.29, 0.717) is 12.0 Å². The van der Waals surface area contributed by atoms with Crippen LogP contribution >= 0.6 is 0 Å². The normalized spacial score (nSPS) is 14.2. The van der Waals surface area contributed by atoms with E-state index in [0.717, 1.165) is 0 Å². The van der Waals surface area contributed by atoms with E-state index in [1.54, 1.807) is 27.7 Å². The topological polar surface area (TPSA) is 444 Å². The van der Waals surface area contributed by atoms with Crippen molar-refractivity contribution >= 4 is 59.3 Å². The van der Waals surface area contributed by atoms with Gasteiger partial charge in [-0.25, -0.2) is 4.79 Å². The molecule has 0 saturated carbocycles. The number of hydrogen-bond donors (Lipinski definition) is 15. The lowest BCUT2D eigenvalue weighted by Gasteiger charge is -2.28. The highest BCUT2D eigenvalue weighted by Crippen LogP contribution is 2.13. The van der Waals surface area contributed by atoms with Gasteiger partial charge >= 0.3 is 11.9 Å². The second-order valence-electron chi connectivity index (χ2n) is 15.7. The molecule has 0 radical (unpaired) electrons. The van der Waals surface area contributed by atoms with Gasteiger partial charge in [0.2, 0.25) is 35.4 Å². The highest BCUT2D eigenvalue weighted by molar-refractivity contribution is 5.98. The van der Waals surface area contributed by atoms with E-state index in [9.17, 15) is 58.8 Å². The standard InChI is InChI=1S/C39H65N13O12/c1-19(2)15-25(48-31(57)23(40)7-5-13-45-38(41)42)32(58)50-27(17-29(55)56)33(59)51-28(18-53)35(61)49-26(16-21-9-11-22(54)12-10-21)34(60)52-30(20(3)4)36(62)47-24(37(63)64)8-6-14-46-39(43)44/h9-12,19-20,23-28,30,53-54H,5-8,13-18,40H2,1-4H3,(H,47,62)(H,48,57)(H,49,61)(H,50,58)(H,51,59)(H,52,60)(H,55,56)(H,63,64)(H4,41,42,45)(H4,43,44,46)/t23-,24-,25-,26-,27-,28-,30-/m0/s1. The molecule has 20 N–H and O–H groups in total. The van der Waals surface area contributed by atoms with Crippen molar-refractivity contribution in [3.63, 3.8) is 0 Å². The molecule has 25 nitrogen and oxygen atoms in total. The van der Waals surface area contributed by atoms with Gasteiger partial charge in [0.05, 0.1) is 19.1 Å². The third kappa shape index (κ3) is 21.4. The molecule has 7 atom stereocenters. The van der Waals surface area contributed by atoms with E-state index in [4.69, 9.17) is 28.7 Å². The second-order valence-corrected chi connectivity index (χ2v) is 15.7. The van der Waals surface area contributed by atoms with E-state index < -0.39 is 109 Å². The maximum absolute atomic E-state index is 13.9. The van der Waals surface area contributed by atoms with Gasteiger partial charge < -0.3 is 81.0 Å². The van der Waals surface area contributed by atoms with Crippen LogP contribution in [0.3, 0.4) is 0 Å². The van der Waals surface area contributed by atoms with Crippen molar-refractivity contribution in [3.8, 4) is 5.75 Å². The summed E-state index contributed by atoms with van der Waals surface area (Å²) in [7, 11) is 0. The number of aliphatic imine (C=N–C) groups is 2. The molecular formula is C39H65N13O12. The van der Waals surface area contributed by atoms with Gasteiger partial charge in [0, 0.05) is 19.5 Å². The van der Waals surface area contributed by atoms with Crippen LogP contribution in [0.5, 0.6) is 5.75 Å². The summed E-state index contributed by atoms with van der Waals surface area (Å²) in [5.41, 5.74) is 27.6. The number of nitrogens with one attached hydrogen (secondary N) is 6. The van der Waals surface area contributed by atoms with Crippen LogP contribution in [0, 0.1) is 11.8 Å². The summed E-state index contributed by atoms with van der Waals surface area (Å²) < 4.78 is 0. The SMILES string of the molecule is CC(C)C[C@H](NC(=O)[C@@H](N)CCCN=C(N)N)C(=O)N[C@@H](CC(=O)O)C(=O)N[C@@H](CO)C(=O)N[C@@H](Cc1ccc(O)cc1)C(=O)N[C@H](C(=O)N[C@@H](CCCN=C(N)N)C(=O)O)C(C)C. The molecule has 25 heteroatoms. The first kappa shape index (κ1) is 55.3. The second kappa shape index (κ2) is 28.0. The Morgan fingerprint density at radius 2 is 1.08 bits per heavy atom. The maximum Gasteiger partial charge on any atom is 0.326 e. The van der Waals surface area contributed by atoms with Crippen LogP contribution in [-0.2, 0) is 44.8 Å². The maximum atomic E-state index is 13.9. The van der Waals surface area contributed by atoms with Crippen molar-refractivity contribution < 1.29 is 58.8 Å². The molecule has 6 amide bonds. The fourth-order valence-electron chi connectivity index (χ4n) is 5.92. The zero-order valence-corrected chi connectivity index (χ0v) is 36.4. The van der Waals surface area contributed by atoms with Crippen LogP contribution in [-0.4, -0.2) is 142 Å². The van der Waals surface area contributed by atoms with E-state index in [-0.39, 0.29) is 68.8 Å². The lowest BCUT2D eigenvalue weighted by molar-refractivity contribution is -0.143. The van der Waals surface area contributed by atoms with E-state index >= 15 is 0 Å². The third-order valence-electron chi connectivity index (χ3n) is 9.29. The Morgan fingerprint density at radius 3 is 1.58 bits per heavy atom. The molecule has 1 rings (SSSR count). The van der Waals surface area contributed by atoms with Crippen molar-refractivity contribution in [1.82, 2.24) is 31.9 Å². The summed E-state index contributed by atoms with van der Waals surface area (Å²) in [6, 6.07) is -4.77. The van der Waals surface area contributed by atoms with Crippen molar-refractivity contribution in [3.05, 3.63) is 29.8 Å². The Labute approximate surface area is 370 Å². The van der Waals surface area contributed by atoms with Gasteiger partial charge in [-0.05, 0) is 61.6 Å². The monoisotopic (exact) mass is 907 g/mol. The van der Waals surface area contributed by atoms with Crippen LogP contribution in [0.25, 0.3) is 0 Å². The molecule has 1 aromatic rings. The number of benzene rings is 1. The number of carboxylic acids is 2. The number of rotatable bonds is 29. The minimum Gasteiger partial charge on any atom is -0.508 e. The number of carboxylic acid groups (broad SMARTS) is 2. The van der Waals surface area contributed by atoms with E-state index in [2.05, 4.69) is 41.9 Å².